The van der Waals surface area contributed by atoms with Crippen molar-refractivity contribution in [2.75, 3.05) is 5.32 Å². The van der Waals surface area contributed by atoms with Crippen LogP contribution in [0, 0.1) is 6.92 Å². The second-order valence-electron chi connectivity index (χ2n) is 7.18. The Morgan fingerprint density at radius 3 is 2.66 bits per heavy atom. The molecule has 0 aliphatic heterocycles. The molecule has 0 unspecified atom stereocenters. The minimum absolute atomic E-state index is 0.0188. The highest BCUT2D eigenvalue weighted by molar-refractivity contribution is 7.90. The van der Waals surface area contributed by atoms with Gasteiger partial charge in [-0.25, -0.2) is 13.4 Å². The Hall–Kier alpha value is -2.94. The molecule has 0 fully saturated rings. The van der Waals surface area contributed by atoms with Crippen LogP contribution in [0.1, 0.15) is 32.3 Å². The summed E-state index contributed by atoms with van der Waals surface area (Å²) in [6.07, 6.45) is 2.35. The van der Waals surface area contributed by atoms with E-state index in [-0.39, 0.29) is 22.2 Å². The van der Waals surface area contributed by atoms with Crippen molar-refractivity contribution in [3.05, 3.63) is 99.4 Å². The van der Waals surface area contributed by atoms with Crippen molar-refractivity contribution in [2.45, 2.75) is 24.0 Å². The Kier molecular flexibility index (Phi) is 6.45. The van der Waals surface area contributed by atoms with Crippen molar-refractivity contribution in [3.63, 3.8) is 0 Å². The minimum atomic E-state index is -3.56. The quantitative estimate of drug-likeness (QED) is 0.371. The lowest BCUT2D eigenvalue weighted by atomic mass is 10.1. The summed E-state index contributed by atoms with van der Waals surface area (Å²) in [7, 11) is -3.56. The van der Waals surface area contributed by atoms with Gasteiger partial charge in [0.2, 0.25) is 0 Å². The lowest BCUT2D eigenvalue weighted by molar-refractivity contribution is 0.0995. The number of benzene rings is 2. The zero-order valence-electron chi connectivity index (χ0n) is 17.0. The fourth-order valence-electron chi connectivity index (χ4n) is 3.03. The first-order chi connectivity index (χ1) is 15.3. The van der Waals surface area contributed by atoms with E-state index >= 15 is 0 Å². The van der Waals surface area contributed by atoms with E-state index < -0.39 is 15.7 Å². The number of aromatic nitrogens is 1. The zero-order chi connectivity index (χ0) is 22.7. The lowest BCUT2D eigenvalue weighted by Gasteiger charge is -2.02. The molecule has 0 aliphatic rings. The van der Waals surface area contributed by atoms with Crippen molar-refractivity contribution in [1.82, 2.24) is 4.98 Å². The molecule has 9 heteroatoms. The predicted octanol–water partition coefficient (Wildman–Crippen LogP) is 5.51. The van der Waals surface area contributed by atoms with Gasteiger partial charge in [-0.1, -0.05) is 41.9 Å². The van der Waals surface area contributed by atoms with Crippen LogP contribution >= 0.6 is 22.9 Å². The molecule has 32 heavy (non-hydrogen) atoms. The van der Waals surface area contributed by atoms with Crippen molar-refractivity contribution < 1.29 is 17.6 Å². The largest absolute Gasteiger partial charge is 0.455 e. The molecule has 164 valence electrons. The molecule has 0 saturated heterocycles. The van der Waals surface area contributed by atoms with Gasteiger partial charge in [0.05, 0.1) is 4.90 Å². The highest BCUT2D eigenvalue weighted by atomic mass is 35.5. The normalized spacial score (nSPS) is 11.4. The Morgan fingerprint density at radius 1 is 1.12 bits per heavy atom. The van der Waals surface area contributed by atoms with Gasteiger partial charge in [-0.15, -0.1) is 11.3 Å². The molecule has 2 heterocycles. The number of nitrogens with zero attached hydrogens (tertiary/aromatic N) is 1. The summed E-state index contributed by atoms with van der Waals surface area (Å²) in [5, 5.41) is 3.83. The van der Waals surface area contributed by atoms with Crippen LogP contribution in [0.3, 0.4) is 0 Å². The maximum Gasteiger partial charge on any atom is 0.293 e. The molecule has 0 radical (unpaired) electrons. The van der Waals surface area contributed by atoms with Crippen LogP contribution in [0.5, 0.6) is 0 Å². The Labute approximate surface area is 194 Å². The molecule has 1 N–H and O–H groups in total. The molecular weight excluding hydrogens is 468 g/mol. The second-order valence-corrected chi connectivity index (χ2v) is 10.7. The number of hydrogen-bond acceptors (Lipinski definition) is 6. The van der Waals surface area contributed by atoms with Crippen LogP contribution in [-0.2, 0) is 22.0 Å². The maximum atomic E-state index is 12.5. The van der Waals surface area contributed by atoms with Crippen molar-refractivity contribution in [2.24, 2.45) is 0 Å². The average molecular weight is 487 g/mol. The Bertz CT molecular complexity index is 1360. The summed E-state index contributed by atoms with van der Waals surface area (Å²) in [6, 6.07) is 16.9. The van der Waals surface area contributed by atoms with E-state index in [0.717, 1.165) is 16.0 Å². The van der Waals surface area contributed by atoms with Crippen LogP contribution < -0.4 is 5.32 Å². The Morgan fingerprint density at radius 2 is 1.91 bits per heavy atom. The lowest BCUT2D eigenvalue weighted by Crippen LogP contribution is -2.10. The van der Waals surface area contributed by atoms with Crippen molar-refractivity contribution >= 4 is 43.8 Å². The molecule has 1 amide bonds. The third kappa shape index (κ3) is 5.27. The molecular formula is C23H19ClN2O4S2. The molecule has 0 atom stereocenters. The number of amides is 1. The molecule has 2 aromatic heterocycles. The number of sulfone groups is 1. The predicted molar refractivity (Wildman–Crippen MR) is 125 cm³/mol. The van der Waals surface area contributed by atoms with Gasteiger partial charge >= 0.3 is 0 Å². The van der Waals surface area contributed by atoms with Crippen LogP contribution in [0.2, 0.25) is 5.02 Å². The van der Waals surface area contributed by atoms with Gasteiger partial charge in [-0.2, -0.15) is 0 Å². The maximum absolute atomic E-state index is 12.5. The molecule has 6 nitrogen and oxygen atoms in total. The summed E-state index contributed by atoms with van der Waals surface area (Å²) < 4.78 is 30.4. The number of rotatable bonds is 7. The molecule has 0 saturated carbocycles. The molecule has 2 aromatic carbocycles. The van der Waals surface area contributed by atoms with Crippen molar-refractivity contribution in [3.8, 4) is 0 Å². The summed E-state index contributed by atoms with van der Waals surface area (Å²) in [5.41, 5.74) is 2.07. The highest BCUT2D eigenvalue weighted by Crippen LogP contribution is 2.25. The zero-order valence-corrected chi connectivity index (χ0v) is 19.4. The fourth-order valence-corrected chi connectivity index (χ4v) is 5.34. The van der Waals surface area contributed by atoms with Crippen molar-refractivity contribution in [1.29, 1.82) is 0 Å². The van der Waals surface area contributed by atoms with Crippen LogP contribution in [0.25, 0.3) is 0 Å². The minimum Gasteiger partial charge on any atom is -0.455 e. The van der Waals surface area contributed by atoms with E-state index in [1.165, 1.54) is 35.6 Å². The summed E-state index contributed by atoms with van der Waals surface area (Å²) in [4.78, 5) is 17.9. The SMILES string of the molecule is Cc1ccc(Cc2cnc(NC(=O)c3ccc(CS(=O)(=O)c4ccccc4)o3)s2)cc1Cl. The smallest absolute Gasteiger partial charge is 0.293 e. The molecule has 0 bridgehead atoms. The summed E-state index contributed by atoms with van der Waals surface area (Å²) in [5.74, 6) is -0.613. The number of furan rings is 1. The third-order valence-electron chi connectivity index (χ3n) is 4.71. The standard InChI is InChI=1S/C23H19ClN2O4S2/c1-15-7-8-16(12-20(15)24)11-18-13-25-23(31-18)26-22(27)21-10-9-17(30-21)14-32(28,29)19-5-3-2-4-6-19/h2-10,12-13H,11,14H2,1H3,(H,25,26,27). The first-order valence-electron chi connectivity index (χ1n) is 9.68. The number of nitrogens with one attached hydrogen (secondary N) is 1. The fraction of sp³-hybridized carbons (Fsp3) is 0.130. The van der Waals surface area contributed by atoms with E-state index in [9.17, 15) is 13.2 Å². The number of carbonyl (C=O) groups excluding carboxylic acids is 1. The number of aryl methyl sites for hydroxylation is 1. The van der Waals surface area contributed by atoms with Gasteiger partial charge in [0, 0.05) is 22.5 Å². The van der Waals surface area contributed by atoms with Crippen LogP contribution in [-0.4, -0.2) is 19.3 Å². The van der Waals surface area contributed by atoms with Gasteiger partial charge in [-0.05, 0) is 48.4 Å². The van der Waals surface area contributed by atoms with E-state index in [4.69, 9.17) is 16.0 Å². The summed E-state index contributed by atoms with van der Waals surface area (Å²) in [6.45, 7) is 1.95. The average Bonchev–Trinajstić information content (AvgIpc) is 3.40. The van der Waals surface area contributed by atoms with Crippen LogP contribution in [0.15, 0.2) is 76.2 Å². The van der Waals surface area contributed by atoms with E-state index in [2.05, 4.69) is 10.3 Å². The number of carbonyl (C=O) groups is 1. The number of halogens is 1. The molecule has 4 rings (SSSR count). The first kappa shape index (κ1) is 22.3. The molecule has 0 aliphatic carbocycles. The van der Waals surface area contributed by atoms with E-state index in [1.807, 2.05) is 25.1 Å². The summed E-state index contributed by atoms with van der Waals surface area (Å²) >= 11 is 7.53. The Balaban J connectivity index is 1.40. The highest BCUT2D eigenvalue weighted by Gasteiger charge is 2.19. The van der Waals surface area contributed by atoms with Gasteiger partial charge in [-0.3, -0.25) is 10.1 Å². The first-order valence-corrected chi connectivity index (χ1v) is 12.5. The number of thiazole rings is 1. The number of anilines is 1. The van der Waals surface area contributed by atoms with Crippen LogP contribution in [0.4, 0.5) is 5.13 Å². The topological polar surface area (TPSA) is 89.3 Å². The van der Waals surface area contributed by atoms with Gasteiger partial charge in [0.1, 0.15) is 11.5 Å². The number of hydrogen-bond donors (Lipinski definition) is 1. The van der Waals surface area contributed by atoms with E-state index in [0.29, 0.717) is 16.6 Å². The molecule has 4 aromatic rings. The van der Waals surface area contributed by atoms with Gasteiger partial charge in [0.25, 0.3) is 5.91 Å². The third-order valence-corrected chi connectivity index (χ3v) is 7.68. The van der Waals surface area contributed by atoms with Gasteiger partial charge < -0.3 is 4.42 Å². The van der Waals surface area contributed by atoms with Gasteiger partial charge in [0.15, 0.2) is 20.7 Å². The monoisotopic (exact) mass is 486 g/mol. The molecule has 0 spiro atoms. The van der Waals surface area contributed by atoms with E-state index in [1.54, 1.807) is 24.4 Å². The second kappa shape index (κ2) is 9.28.